The van der Waals surface area contributed by atoms with E-state index >= 15 is 0 Å². The number of carbonyl (C=O) groups is 2. The number of halogens is 3. The maximum Gasteiger partial charge on any atom is 0.391 e. The predicted octanol–water partition coefficient (Wildman–Crippen LogP) is 4.01. The first-order valence-electron chi connectivity index (χ1n) is 11.0. The Balaban J connectivity index is 1.63. The minimum absolute atomic E-state index is 0.00665. The molecule has 7 nitrogen and oxygen atoms in total. The van der Waals surface area contributed by atoms with Crippen LogP contribution in [0.3, 0.4) is 0 Å². The monoisotopic (exact) mass is 458 g/mol. The molecule has 10 heteroatoms. The number of amides is 1. The van der Waals surface area contributed by atoms with Crippen LogP contribution in [0.15, 0.2) is 12.3 Å². The van der Waals surface area contributed by atoms with Gasteiger partial charge in [-0.25, -0.2) is 9.78 Å². The van der Waals surface area contributed by atoms with E-state index in [0.29, 0.717) is 12.3 Å². The van der Waals surface area contributed by atoms with Gasteiger partial charge in [-0.15, -0.1) is 0 Å². The van der Waals surface area contributed by atoms with Crippen LogP contribution in [0, 0.1) is 11.8 Å². The van der Waals surface area contributed by atoms with Gasteiger partial charge in [-0.05, 0) is 45.4 Å². The third-order valence-corrected chi connectivity index (χ3v) is 6.16. The largest absolute Gasteiger partial charge is 0.495 e. The number of rotatable bonds is 7. The van der Waals surface area contributed by atoms with E-state index in [1.54, 1.807) is 17.9 Å². The average molecular weight is 458 g/mol. The summed E-state index contributed by atoms with van der Waals surface area (Å²) in [6.07, 6.45) is -0.809. The van der Waals surface area contributed by atoms with Crippen molar-refractivity contribution in [2.75, 3.05) is 26.9 Å². The van der Waals surface area contributed by atoms with Gasteiger partial charge in [-0.2, -0.15) is 13.2 Å². The van der Waals surface area contributed by atoms with Crippen LogP contribution in [-0.4, -0.2) is 60.8 Å². The fourth-order valence-corrected chi connectivity index (χ4v) is 4.39. The SMILES string of the molecule is CCOC(=O)c1ncc(OC)cc1OC[C@H]1CCCN1C(=O)[C@H]1CC[C@H](C(F)(F)F)CC1. The van der Waals surface area contributed by atoms with E-state index < -0.39 is 18.1 Å². The summed E-state index contributed by atoms with van der Waals surface area (Å²) in [5, 5.41) is 0. The molecular formula is C22H29F3N2O5. The zero-order valence-electron chi connectivity index (χ0n) is 18.3. The van der Waals surface area contributed by atoms with Crippen LogP contribution < -0.4 is 9.47 Å². The Hall–Kier alpha value is -2.52. The molecule has 2 aliphatic rings. The Labute approximate surface area is 185 Å². The van der Waals surface area contributed by atoms with Crippen LogP contribution in [-0.2, 0) is 9.53 Å². The van der Waals surface area contributed by atoms with Crippen molar-refractivity contribution in [2.45, 2.75) is 57.7 Å². The van der Waals surface area contributed by atoms with Crippen molar-refractivity contribution in [2.24, 2.45) is 11.8 Å². The van der Waals surface area contributed by atoms with Gasteiger partial charge in [-0.3, -0.25) is 4.79 Å². The van der Waals surface area contributed by atoms with E-state index in [-0.39, 0.29) is 68.2 Å². The van der Waals surface area contributed by atoms with Gasteiger partial charge in [0.2, 0.25) is 5.91 Å². The predicted molar refractivity (Wildman–Crippen MR) is 108 cm³/mol. The van der Waals surface area contributed by atoms with Crippen LogP contribution in [0.2, 0.25) is 0 Å². The molecule has 1 aromatic heterocycles. The number of pyridine rings is 1. The number of hydrogen-bond acceptors (Lipinski definition) is 6. The Morgan fingerprint density at radius 2 is 1.91 bits per heavy atom. The summed E-state index contributed by atoms with van der Waals surface area (Å²) in [4.78, 5) is 31.0. The third kappa shape index (κ3) is 5.63. The number of methoxy groups -OCH3 is 1. The Morgan fingerprint density at radius 3 is 2.53 bits per heavy atom. The van der Waals surface area contributed by atoms with E-state index in [9.17, 15) is 22.8 Å². The molecule has 178 valence electrons. The van der Waals surface area contributed by atoms with Gasteiger partial charge >= 0.3 is 12.1 Å². The van der Waals surface area contributed by atoms with Crippen LogP contribution in [0.1, 0.15) is 55.9 Å². The van der Waals surface area contributed by atoms with Crippen molar-refractivity contribution in [1.82, 2.24) is 9.88 Å². The van der Waals surface area contributed by atoms with Crippen molar-refractivity contribution in [3.8, 4) is 11.5 Å². The number of alkyl halides is 3. The van der Waals surface area contributed by atoms with Crippen LogP contribution in [0.4, 0.5) is 13.2 Å². The average Bonchev–Trinajstić information content (AvgIpc) is 3.25. The summed E-state index contributed by atoms with van der Waals surface area (Å²) in [7, 11) is 1.47. The molecule has 0 radical (unpaired) electrons. The molecule has 32 heavy (non-hydrogen) atoms. The maximum atomic E-state index is 13.0. The number of aromatic nitrogens is 1. The zero-order valence-corrected chi connectivity index (χ0v) is 18.3. The summed E-state index contributed by atoms with van der Waals surface area (Å²) in [5.74, 6) is -1.81. The summed E-state index contributed by atoms with van der Waals surface area (Å²) in [6.45, 7) is 2.57. The second-order valence-corrected chi connectivity index (χ2v) is 8.17. The molecule has 1 saturated carbocycles. The quantitative estimate of drug-likeness (QED) is 0.575. The van der Waals surface area contributed by atoms with E-state index in [4.69, 9.17) is 14.2 Å². The topological polar surface area (TPSA) is 78.0 Å². The first-order valence-corrected chi connectivity index (χ1v) is 11.0. The molecule has 1 aliphatic heterocycles. The van der Waals surface area contributed by atoms with Crippen molar-refractivity contribution < 1.29 is 37.0 Å². The molecular weight excluding hydrogens is 429 g/mol. The number of ether oxygens (including phenoxy) is 3. The number of esters is 1. The van der Waals surface area contributed by atoms with Gasteiger partial charge in [0.15, 0.2) is 11.4 Å². The molecule has 0 bridgehead atoms. The maximum absolute atomic E-state index is 13.0. The molecule has 0 spiro atoms. The van der Waals surface area contributed by atoms with Crippen LogP contribution in [0.5, 0.6) is 11.5 Å². The molecule has 1 aromatic rings. The Kier molecular flexibility index (Phi) is 7.84. The summed E-state index contributed by atoms with van der Waals surface area (Å²) < 4.78 is 54.8. The Morgan fingerprint density at radius 1 is 1.19 bits per heavy atom. The van der Waals surface area contributed by atoms with Crippen LogP contribution >= 0.6 is 0 Å². The molecule has 2 fully saturated rings. The molecule has 3 rings (SSSR count). The van der Waals surface area contributed by atoms with Gasteiger partial charge in [0.25, 0.3) is 0 Å². The molecule has 1 atom stereocenters. The number of hydrogen-bond donors (Lipinski definition) is 0. The van der Waals surface area contributed by atoms with Crippen molar-refractivity contribution in [1.29, 1.82) is 0 Å². The number of likely N-dealkylation sites (tertiary alicyclic amines) is 1. The number of carbonyl (C=O) groups excluding carboxylic acids is 2. The molecule has 0 N–H and O–H groups in total. The van der Waals surface area contributed by atoms with Gasteiger partial charge < -0.3 is 19.1 Å². The third-order valence-electron chi connectivity index (χ3n) is 6.16. The Bertz CT molecular complexity index is 809. The summed E-state index contributed by atoms with van der Waals surface area (Å²) >= 11 is 0. The lowest BCUT2D eigenvalue weighted by Gasteiger charge is -2.33. The van der Waals surface area contributed by atoms with E-state index in [1.807, 2.05) is 0 Å². The molecule has 1 amide bonds. The fraction of sp³-hybridized carbons (Fsp3) is 0.682. The van der Waals surface area contributed by atoms with Gasteiger partial charge in [0, 0.05) is 18.5 Å². The smallest absolute Gasteiger partial charge is 0.391 e. The molecule has 1 aliphatic carbocycles. The van der Waals surface area contributed by atoms with Crippen molar-refractivity contribution in [3.05, 3.63) is 18.0 Å². The standard InChI is InChI=1S/C22H29F3N2O5/c1-3-31-21(29)19-18(11-17(30-2)12-26-19)32-13-16-5-4-10-27(16)20(28)14-6-8-15(9-7-14)22(23,24)25/h11-12,14-16H,3-10,13H2,1-2H3/t14-,15-,16-/m1/s1. The second-order valence-electron chi connectivity index (χ2n) is 8.17. The van der Waals surface area contributed by atoms with E-state index in [2.05, 4.69) is 4.98 Å². The number of nitrogens with zero attached hydrogens (tertiary/aromatic N) is 2. The first-order chi connectivity index (χ1) is 15.2. The highest BCUT2D eigenvalue weighted by molar-refractivity contribution is 5.90. The highest BCUT2D eigenvalue weighted by atomic mass is 19.4. The normalized spacial score (nSPS) is 23.7. The van der Waals surface area contributed by atoms with Crippen molar-refractivity contribution >= 4 is 11.9 Å². The molecule has 0 unspecified atom stereocenters. The van der Waals surface area contributed by atoms with Crippen molar-refractivity contribution in [3.63, 3.8) is 0 Å². The lowest BCUT2D eigenvalue weighted by Crippen LogP contribution is -2.44. The summed E-state index contributed by atoms with van der Waals surface area (Å²) in [5.41, 5.74) is 0.0222. The molecule has 1 saturated heterocycles. The molecule has 0 aromatic carbocycles. The van der Waals surface area contributed by atoms with Gasteiger partial charge in [-0.1, -0.05) is 0 Å². The minimum atomic E-state index is -4.19. The lowest BCUT2D eigenvalue weighted by atomic mass is 9.81. The highest BCUT2D eigenvalue weighted by Crippen LogP contribution is 2.40. The lowest BCUT2D eigenvalue weighted by molar-refractivity contribution is -0.185. The van der Waals surface area contributed by atoms with E-state index in [1.165, 1.54) is 13.3 Å². The minimum Gasteiger partial charge on any atom is -0.495 e. The second kappa shape index (κ2) is 10.4. The van der Waals surface area contributed by atoms with Gasteiger partial charge in [0.05, 0.1) is 31.9 Å². The van der Waals surface area contributed by atoms with Gasteiger partial charge in [0.1, 0.15) is 12.4 Å². The molecule has 2 heterocycles. The van der Waals surface area contributed by atoms with E-state index in [0.717, 1.165) is 12.8 Å². The summed E-state index contributed by atoms with van der Waals surface area (Å²) in [6, 6.07) is 1.32. The highest BCUT2D eigenvalue weighted by Gasteiger charge is 2.44. The van der Waals surface area contributed by atoms with Crippen LogP contribution in [0.25, 0.3) is 0 Å². The first kappa shape index (κ1) is 24.1. The fourth-order valence-electron chi connectivity index (χ4n) is 4.39. The zero-order chi connectivity index (χ0) is 23.3.